The summed E-state index contributed by atoms with van der Waals surface area (Å²) in [5.41, 5.74) is 3.82. The Morgan fingerprint density at radius 1 is 1.07 bits per heavy atom. The van der Waals surface area contributed by atoms with Crippen molar-refractivity contribution < 1.29 is 18.7 Å². The molecule has 0 unspecified atom stereocenters. The Bertz CT molecular complexity index is 1770. The second kappa shape index (κ2) is 11.3. The van der Waals surface area contributed by atoms with Gasteiger partial charge in [-0.05, 0) is 62.2 Å². The van der Waals surface area contributed by atoms with Crippen molar-refractivity contribution in [2.45, 2.75) is 26.7 Å². The van der Waals surface area contributed by atoms with Gasteiger partial charge in [-0.1, -0.05) is 12.1 Å². The minimum absolute atomic E-state index is 0.0206. The van der Waals surface area contributed by atoms with Gasteiger partial charge in [0, 0.05) is 23.3 Å². The van der Waals surface area contributed by atoms with Crippen molar-refractivity contribution in [1.29, 1.82) is 0 Å². The van der Waals surface area contributed by atoms with E-state index in [9.17, 15) is 14.0 Å². The van der Waals surface area contributed by atoms with Crippen molar-refractivity contribution in [2.24, 2.45) is 0 Å². The minimum Gasteiger partial charge on any atom is -0.493 e. The Morgan fingerprint density at radius 3 is 2.62 bits per heavy atom. The predicted octanol–water partition coefficient (Wildman–Crippen LogP) is 4.28. The van der Waals surface area contributed by atoms with Crippen LogP contribution in [0.25, 0.3) is 21.9 Å². The quantitative estimate of drug-likeness (QED) is 0.288. The number of hydrogen-bond acceptors (Lipinski definition) is 7. The monoisotopic (exact) mass is 561 g/mol. The summed E-state index contributed by atoms with van der Waals surface area (Å²) >= 11 is 1.30. The van der Waals surface area contributed by atoms with Gasteiger partial charge in [0.25, 0.3) is 5.56 Å². The number of aromatic nitrogens is 4. The Balaban J connectivity index is 1.36. The second-order valence-electron chi connectivity index (χ2n) is 9.25. The highest BCUT2D eigenvalue weighted by molar-refractivity contribution is 7.15. The van der Waals surface area contributed by atoms with E-state index in [1.54, 1.807) is 49.4 Å². The summed E-state index contributed by atoms with van der Waals surface area (Å²) in [6.45, 7) is 4.01. The van der Waals surface area contributed by atoms with Gasteiger partial charge in [-0.3, -0.25) is 14.0 Å². The predicted molar refractivity (Wildman–Crippen MR) is 151 cm³/mol. The molecule has 0 bridgehead atoms. The number of carbonyl (C=O) groups excluding carboxylic acids is 1. The highest BCUT2D eigenvalue weighted by Crippen LogP contribution is 2.28. The van der Waals surface area contributed by atoms with Gasteiger partial charge in [0.15, 0.2) is 16.5 Å². The molecular formula is C29H28FN5O4S. The number of amides is 1. The summed E-state index contributed by atoms with van der Waals surface area (Å²) in [5.74, 6) is 0.688. The van der Waals surface area contributed by atoms with E-state index in [0.717, 1.165) is 11.3 Å². The smallest absolute Gasteiger partial charge is 0.268 e. The first-order chi connectivity index (χ1) is 19.3. The fourth-order valence-electron chi connectivity index (χ4n) is 4.60. The van der Waals surface area contributed by atoms with Gasteiger partial charge < -0.3 is 14.8 Å². The molecule has 0 radical (unpaired) electrons. The molecule has 0 aliphatic rings. The van der Waals surface area contributed by atoms with Crippen LogP contribution in [0.5, 0.6) is 11.5 Å². The molecule has 3 heterocycles. The van der Waals surface area contributed by atoms with Gasteiger partial charge in [-0.2, -0.15) is 5.10 Å². The van der Waals surface area contributed by atoms with Crippen LogP contribution in [0.2, 0.25) is 0 Å². The number of methoxy groups -OCH3 is 2. The number of aryl methyl sites for hydroxylation is 2. The van der Waals surface area contributed by atoms with Crippen LogP contribution in [0.3, 0.4) is 0 Å². The van der Waals surface area contributed by atoms with Crippen LogP contribution in [-0.2, 0) is 17.6 Å². The molecule has 0 spiro atoms. The number of ether oxygens (including phenoxy) is 2. The highest BCUT2D eigenvalue weighted by Gasteiger charge is 2.20. The van der Waals surface area contributed by atoms with Crippen molar-refractivity contribution in [3.8, 4) is 28.4 Å². The summed E-state index contributed by atoms with van der Waals surface area (Å²) in [6, 6.07) is 13.5. The number of nitrogens with one attached hydrogen (secondary N) is 1. The summed E-state index contributed by atoms with van der Waals surface area (Å²) in [5, 5.41) is 9.29. The second-order valence-corrected chi connectivity index (χ2v) is 10.1. The molecule has 2 aromatic carbocycles. The lowest BCUT2D eigenvalue weighted by molar-refractivity contribution is -0.120. The molecule has 206 valence electrons. The van der Waals surface area contributed by atoms with Crippen molar-refractivity contribution >= 4 is 22.2 Å². The Hall–Kier alpha value is -4.51. The van der Waals surface area contributed by atoms with Crippen LogP contribution in [-0.4, -0.2) is 45.8 Å². The molecule has 9 nitrogen and oxygen atoms in total. The lowest BCUT2D eigenvalue weighted by atomic mass is 10.1. The highest BCUT2D eigenvalue weighted by atomic mass is 32.1. The van der Waals surface area contributed by atoms with Crippen LogP contribution in [0.15, 0.2) is 58.7 Å². The van der Waals surface area contributed by atoms with Crippen LogP contribution < -0.4 is 20.3 Å². The number of carbonyl (C=O) groups is 1. The maximum absolute atomic E-state index is 13.8. The van der Waals surface area contributed by atoms with E-state index < -0.39 is 0 Å². The summed E-state index contributed by atoms with van der Waals surface area (Å²) in [6.07, 6.45) is 0.626. The van der Waals surface area contributed by atoms with Gasteiger partial charge in [0.2, 0.25) is 5.91 Å². The average molecular weight is 562 g/mol. The van der Waals surface area contributed by atoms with Crippen LogP contribution in [0, 0.1) is 19.7 Å². The van der Waals surface area contributed by atoms with E-state index in [1.807, 2.05) is 25.1 Å². The maximum atomic E-state index is 13.8. The normalized spacial score (nSPS) is 11.1. The first-order valence-corrected chi connectivity index (χ1v) is 13.5. The van der Waals surface area contributed by atoms with E-state index >= 15 is 0 Å². The van der Waals surface area contributed by atoms with E-state index in [4.69, 9.17) is 9.47 Å². The molecule has 5 rings (SSSR count). The van der Waals surface area contributed by atoms with Crippen molar-refractivity contribution in [2.75, 3.05) is 20.8 Å². The fourth-order valence-corrected chi connectivity index (χ4v) is 5.52. The van der Waals surface area contributed by atoms with Gasteiger partial charge in [-0.25, -0.2) is 14.1 Å². The molecule has 0 atom stereocenters. The molecule has 0 saturated carbocycles. The van der Waals surface area contributed by atoms with Gasteiger partial charge in [-0.15, -0.1) is 11.3 Å². The SMILES string of the molecule is COc1ccc(CCNC(=O)Cc2csc3nc(C)c(-c4cc(C)n(-c5cccc(F)c5)n4)c(=O)n23)cc1OC. The van der Waals surface area contributed by atoms with Crippen LogP contribution in [0.4, 0.5) is 4.39 Å². The summed E-state index contributed by atoms with van der Waals surface area (Å²) in [4.78, 5) is 31.6. The third-order valence-electron chi connectivity index (χ3n) is 6.54. The molecule has 0 fully saturated rings. The van der Waals surface area contributed by atoms with Gasteiger partial charge in [0.05, 0.1) is 37.6 Å². The first-order valence-electron chi connectivity index (χ1n) is 12.6. The Morgan fingerprint density at radius 2 is 1.88 bits per heavy atom. The number of halogens is 1. The molecular weight excluding hydrogens is 533 g/mol. The molecule has 0 aliphatic heterocycles. The van der Waals surface area contributed by atoms with Crippen molar-refractivity contribution in [3.63, 3.8) is 0 Å². The molecule has 3 aromatic heterocycles. The number of rotatable bonds is 9. The van der Waals surface area contributed by atoms with E-state index in [1.165, 1.54) is 27.9 Å². The van der Waals surface area contributed by atoms with Crippen molar-refractivity contribution in [3.05, 3.63) is 92.7 Å². The lowest BCUT2D eigenvalue weighted by Gasteiger charge is -2.10. The number of thiazole rings is 1. The van der Waals surface area contributed by atoms with Gasteiger partial charge in [0.1, 0.15) is 11.5 Å². The third kappa shape index (κ3) is 5.32. The standard InChI is InChI=1S/C29H28FN5O4S/c1-17-12-23(33-35(17)21-7-5-6-20(30)14-21)27-18(2)32-29-34(28(27)37)22(16-40-29)15-26(36)31-11-10-19-8-9-24(38-3)25(13-19)39-4/h5-9,12-14,16H,10-11,15H2,1-4H3,(H,31,36). The minimum atomic E-state index is -0.377. The molecule has 1 N–H and O–H groups in total. The Kier molecular flexibility index (Phi) is 7.65. The largest absolute Gasteiger partial charge is 0.493 e. The maximum Gasteiger partial charge on any atom is 0.268 e. The zero-order chi connectivity index (χ0) is 28.4. The number of benzene rings is 2. The van der Waals surface area contributed by atoms with Crippen LogP contribution in [0.1, 0.15) is 22.6 Å². The molecule has 5 aromatic rings. The van der Waals surface area contributed by atoms with E-state index in [2.05, 4.69) is 15.4 Å². The topological polar surface area (TPSA) is 99.7 Å². The lowest BCUT2D eigenvalue weighted by Crippen LogP contribution is -2.29. The average Bonchev–Trinajstić information content (AvgIpc) is 3.51. The van der Waals surface area contributed by atoms with Gasteiger partial charge >= 0.3 is 0 Å². The molecule has 0 aliphatic carbocycles. The molecule has 0 saturated heterocycles. The zero-order valence-electron chi connectivity index (χ0n) is 22.5. The molecule has 11 heteroatoms. The third-order valence-corrected chi connectivity index (χ3v) is 7.42. The summed E-state index contributed by atoms with van der Waals surface area (Å²) in [7, 11) is 3.16. The zero-order valence-corrected chi connectivity index (χ0v) is 23.3. The molecule has 1 amide bonds. The van der Waals surface area contributed by atoms with Crippen molar-refractivity contribution in [1.82, 2.24) is 24.5 Å². The fraction of sp³-hybridized carbons (Fsp3) is 0.241. The van der Waals surface area contributed by atoms with E-state index in [-0.39, 0.29) is 23.7 Å². The summed E-state index contributed by atoms with van der Waals surface area (Å²) < 4.78 is 27.5. The first kappa shape index (κ1) is 27.1. The number of hydrogen-bond donors (Lipinski definition) is 1. The van der Waals surface area contributed by atoms with Crippen LogP contribution >= 0.6 is 11.3 Å². The number of fused-ring (bicyclic) bond motifs is 1. The van der Waals surface area contributed by atoms with E-state index in [0.29, 0.717) is 57.8 Å². The number of nitrogens with zero attached hydrogens (tertiary/aromatic N) is 4. The molecule has 40 heavy (non-hydrogen) atoms. The Labute approximate surface area is 233 Å².